The largest absolute Gasteiger partial charge is 0.331 e. The molecule has 0 fully saturated rings. The van der Waals surface area contributed by atoms with Gasteiger partial charge in [0, 0.05) is 18.4 Å². The van der Waals surface area contributed by atoms with Gasteiger partial charge in [-0.2, -0.15) is 5.10 Å². The Bertz CT molecular complexity index is 963. The maximum atomic E-state index is 12.7. The van der Waals surface area contributed by atoms with E-state index in [4.69, 9.17) is 0 Å². The molecule has 7 nitrogen and oxygen atoms in total. The number of aryl methyl sites for hydroxylation is 2. The van der Waals surface area contributed by atoms with E-state index in [1.54, 1.807) is 10.7 Å². The van der Waals surface area contributed by atoms with E-state index < -0.39 is 17.0 Å². The van der Waals surface area contributed by atoms with Crippen LogP contribution in [0.4, 0.5) is 10.5 Å². The quantitative estimate of drug-likeness (QED) is 0.740. The number of fused-ring (bicyclic) bond motifs is 2. The van der Waals surface area contributed by atoms with Crippen molar-refractivity contribution in [2.75, 3.05) is 26.0 Å². The molecule has 2 amide bonds. The number of rotatable bonds is 6. The van der Waals surface area contributed by atoms with Crippen LogP contribution in [-0.2, 0) is 42.2 Å². The highest BCUT2D eigenvalue weighted by Crippen LogP contribution is 2.38. The zero-order valence-corrected chi connectivity index (χ0v) is 19.1. The van der Waals surface area contributed by atoms with Crippen LogP contribution in [0.2, 0.25) is 0 Å². The third-order valence-corrected chi connectivity index (χ3v) is 6.94. The molecule has 1 aromatic carbocycles. The third-order valence-electron chi connectivity index (χ3n) is 5.97. The number of urea groups is 1. The van der Waals surface area contributed by atoms with Gasteiger partial charge in [-0.25, -0.2) is 9.00 Å². The summed E-state index contributed by atoms with van der Waals surface area (Å²) in [5.41, 5.74) is 5.92. The number of anilines is 1. The lowest BCUT2D eigenvalue weighted by Crippen LogP contribution is -2.38. The van der Waals surface area contributed by atoms with E-state index in [-0.39, 0.29) is 5.54 Å². The number of likely N-dealkylation sites (N-methyl/N-ethyl adjacent to an activating group) is 1. The number of benzene rings is 1. The lowest BCUT2D eigenvalue weighted by molar-refractivity contribution is 0.221. The second-order valence-electron chi connectivity index (χ2n) is 9.21. The summed E-state index contributed by atoms with van der Waals surface area (Å²) in [6, 6.07) is 3.59. The average molecular weight is 430 g/mol. The van der Waals surface area contributed by atoms with Crippen molar-refractivity contribution in [1.29, 1.82) is 0 Å². The second kappa shape index (κ2) is 8.15. The van der Waals surface area contributed by atoms with E-state index in [0.29, 0.717) is 5.03 Å². The highest BCUT2D eigenvalue weighted by Gasteiger charge is 2.26. The van der Waals surface area contributed by atoms with Gasteiger partial charge in [0.1, 0.15) is 0 Å². The predicted octanol–water partition coefficient (Wildman–Crippen LogP) is 3.00. The van der Waals surface area contributed by atoms with E-state index in [0.717, 1.165) is 50.8 Å². The van der Waals surface area contributed by atoms with Gasteiger partial charge in [-0.1, -0.05) is 6.07 Å². The minimum Gasteiger partial charge on any atom is -0.307 e. The van der Waals surface area contributed by atoms with Crippen LogP contribution in [-0.4, -0.2) is 45.6 Å². The molecular weight excluding hydrogens is 398 g/mol. The number of aromatic nitrogens is 2. The Morgan fingerprint density at radius 1 is 1.17 bits per heavy atom. The molecule has 1 aromatic heterocycles. The van der Waals surface area contributed by atoms with Crippen LogP contribution in [0.25, 0.3) is 0 Å². The molecule has 2 N–H and O–H groups in total. The molecule has 8 heteroatoms. The topological polar surface area (TPSA) is 79.3 Å². The summed E-state index contributed by atoms with van der Waals surface area (Å²) < 4.78 is 17.1. The molecule has 4 rings (SSSR count). The van der Waals surface area contributed by atoms with Crippen LogP contribution < -0.4 is 10.0 Å². The van der Waals surface area contributed by atoms with E-state index in [9.17, 15) is 9.00 Å². The number of carbonyl (C=O) groups excluding carboxylic acids is 1. The van der Waals surface area contributed by atoms with Crippen LogP contribution >= 0.6 is 0 Å². The van der Waals surface area contributed by atoms with E-state index in [1.807, 2.05) is 20.3 Å². The lowest BCUT2D eigenvalue weighted by atomic mass is 9.99. The number of hydrogen-bond acceptors (Lipinski definition) is 4. The Hall–Kier alpha value is -2.19. The van der Waals surface area contributed by atoms with Crippen LogP contribution in [0.15, 0.2) is 23.4 Å². The first-order valence-corrected chi connectivity index (χ1v) is 11.8. The van der Waals surface area contributed by atoms with Gasteiger partial charge in [0.05, 0.1) is 5.54 Å². The standard InChI is InChI=1S/C22H31N5O2S/c1-22(2,14-26(3)4)27-12-11-19(24-27)30(29)25-21(28)23-20-17-9-5-7-15(17)13-16-8-6-10-18(16)20/h11-13H,5-10,14H2,1-4H3,(H2,23,25,28). The Morgan fingerprint density at radius 3 is 2.40 bits per heavy atom. The molecule has 2 aromatic rings. The number of nitrogens with one attached hydrogen (secondary N) is 2. The SMILES string of the molecule is CN(C)CC(C)(C)n1ccc(S(=O)NC(=O)Nc2c3c(cc4c2CCC4)CCC3)n1. The molecule has 30 heavy (non-hydrogen) atoms. The first-order chi connectivity index (χ1) is 14.2. The molecule has 0 saturated heterocycles. The number of amides is 2. The third kappa shape index (κ3) is 4.16. The van der Waals surface area contributed by atoms with Gasteiger partial charge in [0.25, 0.3) is 0 Å². The molecule has 0 bridgehead atoms. The summed E-state index contributed by atoms with van der Waals surface area (Å²) in [4.78, 5) is 14.8. The minimum atomic E-state index is -1.72. The zero-order valence-electron chi connectivity index (χ0n) is 18.2. The highest BCUT2D eigenvalue weighted by molar-refractivity contribution is 7.83. The van der Waals surface area contributed by atoms with Crippen LogP contribution in [0.1, 0.15) is 48.9 Å². The van der Waals surface area contributed by atoms with Crippen molar-refractivity contribution < 1.29 is 9.00 Å². The molecule has 0 saturated carbocycles. The zero-order chi connectivity index (χ0) is 21.5. The maximum absolute atomic E-state index is 12.7. The first-order valence-electron chi connectivity index (χ1n) is 10.6. The van der Waals surface area contributed by atoms with Gasteiger partial charge < -0.3 is 10.2 Å². The van der Waals surface area contributed by atoms with Gasteiger partial charge >= 0.3 is 6.03 Å². The molecule has 2 aliphatic carbocycles. The summed E-state index contributed by atoms with van der Waals surface area (Å²) in [7, 11) is 2.30. The van der Waals surface area contributed by atoms with E-state index >= 15 is 0 Å². The van der Waals surface area contributed by atoms with Gasteiger partial charge in [-0.05, 0) is 94.8 Å². The number of nitrogens with zero attached hydrogens (tertiary/aromatic N) is 3. The van der Waals surface area contributed by atoms with Crippen molar-refractivity contribution in [2.24, 2.45) is 0 Å². The fourth-order valence-electron chi connectivity index (χ4n) is 4.83. The van der Waals surface area contributed by atoms with E-state index in [1.165, 1.54) is 22.3 Å². The first kappa shape index (κ1) is 21.1. The molecule has 1 heterocycles. The van der Waals surface area contributed by atoms with Crippen molar-refractivity contribution in [3.8, 4) is 0 Å². The summed E-state index contributed by atoms with van der Waals surface area (Å²) in [5, 5.41) is 7.83. The summed E-state index contributed by atoms with van der Waals surface area (Å²) in [5.74, 6) is 0. The lowest BCUT2D eigenvalue weighted by Gasteiger charge is -2.28. The Labute approximate surface area is 180 Å². The monoisotopic (exact) mass is 429 g/mol. The van der Waals surface area contributed by atoms with Crippen molar-refractivity contribution in [3.05, 3.63) is 40.6 Å². The summed E-state index contributed by atoms with van der Waals surface area (Å²) in [6.07, 6.45) is 8.20. The number of hydrogen-bond donors (Lipinski definition) is 2. The molecular formula is C22H31N5O2S. The fraction of sp³-hybridized carbons (Fsp3) is 0.545. The van der Waals surface area contributed by atoms with Gasteiger partial charge in [0.15, 0.2) is 16.0 Å². The maximum Gasteiger partial charge on any atom is 0.331 e. The average Bonchev–Trinajstić information content (AvgIpc) is 3.40. The van der Waals surface area contributed by atoms with Gasteiger partial charge in [-0.3, -0.25) is 9.40 Å². The second-order valence-corrected chi connectivity index (χ2v) is 10.4. The smallest absolute Gasteiger partial charge is 0.307 e. The molecule has 1 atom stereocenters. The van der Waals surface area contributed by atoms with Crippen LogP contribution in [0.5, 0.6) is 0 Å². The van der Waals surface area contributed by atoms with Gasteiger partial charge in [0.2, 0.25) is 0 Å². The Kier molecular flexibility index (Phi) is 5.72. The minimum absolute atomic E-state index is 0.251. The molecule has 0 spiro atoms. The molecule has 0 aliphatic heterocycles. The fourth-order valence-corrected chi connectivity index (χ4v) is 5.50. The van der Waals surface area contributed by atoms with Crippen LogP contribution in [0, 0.1) is 0 Å². The summed E-state index contributed by atoms with van der Waals surface area (Å²) in [6.45, 7) is 4.94. The Morgan fingerprint density at radius 2 is 1.80 bits per heavy atom. The highest BCUT2D eigenvalue weighted by atomic mass is 32.2. The molecule has 1 unspecified atom stereocenters. The normalized spacial score (nSPS) is 16.4. The molecule has 162 valence electrons. The molecule has 0 radical (unpaired) electrons. The summed E-state index contributed by atoms with van der Waals surface area (Å²) >= 11 is 0. The van der Waals surface area contributed by atoms with Crippen molar-refractivity contribution >= 4 is 22.7 Å². The molecule has 2 aliphatic rings. The number of carbonyl (C=O) groups is 1. The van der Waals surface area contributed by atoms with Gasteiger partial charge in [-0.15, -0.1) is 0 Å². The van der Waals surface area contributed by atoms with Crippen molar-refractivity contribution in [3.63, 3.8) is 0 Å². The van der Waals surface area contributed by atoms with Crippen molar-refractivity contribution in [1.82, 2.24) is 19.4 Å². The Balaban J connectivity index is 1.47. The van der Waals surface area contributed by atoms with Crippen LogP contribution in [0.3, 0.4) is 0 Å². The van der Waals surface area contributed by atoms with E-state index in [2.05, 4.69) is 40.0 Å². The predicted molar refractivity (Wildman–Crippen MR) is 119 cm³/mol. The van der Waals surface area contributed by atoms with Crippen molar-refractivity contribution in [2.45, 2.75) is 62.9 Å².